The van der Waals surface area contributed by atoms with Crippen molar-refractivity contribution < 1.29 is 11.3 Å². The van der Waals surface area contributed by atoms with E-state index in [-0.39, 0.29) is 29.7 Å². The minimum Gasteiger partial charge on any atom is -0.455 e. The molecule has 2 heteroatoms. The first-order valence-electron chi connectivity index (χ1n) is 20.5. The van der Waals surface area contributed by atoms with Crippen molar-refractivity contribution in [2.45, 2.75) is 0 Å². The second kappa shape index (κ2) is 13.4. The van der Waals surface area contributed by atoms with Crippen LogP contribution in [-0.2, 0) is 0 Å². The topological polar surface area (TPSA) is 16.4 Å². The van der Waals surface area contributed by atoms with Gasteiger partial charge in [0.25, 0.3) is 0 Å². The molecule has 2 nitrogen and oxygen atoms in total. The molecule has 0 aliphatic rings. The molecule has 1 aromatic heterocycles. The Kier molecular flexibility index (Phi) is 6.61. The van der Waals surface area contributed by atoms with Crippen molar-refractivity contribution in [1.82, 2.24) is 0 Å². The zero-order valence-electron chi connectivity index (χ0n) is 34.2. The maximum Gasteiger partial charge on any atom is 0.143 e. The van der Waals surface area contributed by atoms with Gasteiger partial charge in [0.05, 0.1) is 17.9 Å². The number of anilines is 3. The molecule has 0 fully saturated rings. The summed E-state index contributed by atoms with van der Waals surface area (Å²) in [6.07, 6.45) is 0. The Hall–Kier alpha value is -7.16. The smallest absolute Gasteiger partial charge is 0.143 e. The molecule has 0 aliphatic carbocycles. The summed E-state index contributed by atoms with van der Waals surface area (Å²) in [5.74, 6) is 0. The third-order valence-electron chi connectivity index (χ3n) is 10.2. The maximum absolute atomic E-state index is 8.92. The van der Waals surface area contributed by atoms with Crippen molar-refractivity contribution in [3.63, 3.8) is 0 Å². The molecule has 0 saturated heterocycles. The molecule has 0 bridgehead atoms. The molecule has 54 heavy (non-hydrogen) atoms. The van der Waals surface area contributed by atoms with Gasteiger partial charge in [-0.2, -0.15) is 0 Å². The van der Waals surface area contributed by atoms with Crippen molar-refractivity contribution in [2.24, 2.45) is 0 Å². The molecule has 0 atom stereocenters. The number of fused-ring (bicyclic) bond motifs is 5. The molecule has 1 heterocycles. The molecule has 0 unspecified atom stereocenters. The van der Waals surface area contributed by atoms with Gasteiger partial charge in [-0.05, 0) is 92.4 Å². The average Bonchev–Trinajstić information content (AvgIpc) is 3.68. The van der Waals surface area contributed by atoms with Crippen molar-refractivity contribution >= 4 is 49.8 Å². The van der Waals surface area contributed by atoms with Gasteiger partial charge in [-0.15, -0.1) is 0 Å². The van der Waals surface area contributed by atoms with Gasteiger partial charge in [-0.25, -0.2) is 0 Å². The molecule has 254 valence electrons. The fraction of sp³-hybridized carbons (Fsp3) is 0. The summed E-state index contributed by atoms with van der Waals surface area (Å²) in [4.78, 5) is 2.23. The van der Waals surface area contributed by atoms with Crippen LogP contribution in [-0.4, -0.2) is 0 Å². The van der Waals surface area contributed by atoms with Gasteiger partial charge in [-0.1, -0.05) is 170 Å². The highest BCUT2D eigenvalue weighted by Gasteiger charge is 2.22. The number of hydrogen-bond acceptors (Lipinski definition) is 2. The van der Waals surface area contributed by atoms with Gasteiger partial charge in [0.2, 0.25) is 0 Å². The maximum atomic E-state index is 8.92. The third kappa shape index (κ3) is 5.62. The van der Waals surface area contributed by atoms with E-state index in [1.54, 1.807) is 0 Å². The van der Waals surface area contributed by atoms with Crippen LogP contribution in [0.2, 0.25) is 0 Å². The van der Waals surface area contributed by atoms with E-state index < -0.39 is 6.04 Å². The monoisotopic (exact) mass is 694 g/mol. The summed E-state index contributed by atoms with van der Waals surface area (Å²) in [5, 5.41) is 3.14. The van der Waals surface area contributed by atoms with Crippen molar-refractivity contribution in [3.8, 4) is 44.5 Å². The highest BCUT2D eigenvalue weighted by molar-refractivity contribution is 6.22. The highest BCUT2D eigenvalue weighted by Crippen LogP contribution is 2.46. The van der Waals surface area contributed by atoms with E-state index in [0.29, 0.717) is 16.7 Å². The van der Waals surface area contributed by atoms with Gasteiger partial charge in [0, 0.05) is 22.1 Å². The molecule has 0 spiro atoms. The standard InChI is InChI=1S/C52H35NO/c1-4-13-36(14-5-1)38-23-25-39(26-24-38)41-29-33-44(34-30-41)53(43-31-27-40(28-32-43)37-15-6-2-7-16-37)49-21-12-22-50-51(49)48-35-47(42-17-8-3-9-18-42)45-19-10-11-20-46(45)52(48)54-50/h1-35H/i3D,8D,9D,17D,18D. The van der Waals surface area contributed by atoms with E-state index in [9.17, 15) is 0 Å². The molecule has 0 N–H and O–H groups in total. The lowest BCUT2D eigenvalue weighted by atomic mass is 9.95. The molecular formula is C52H35NO. The summed E-state index contributed by atoms with van der Waals surface area (Å²) < 4.78 is 49.8. The molecular weight excluding hydrogens is 655 g/mol. The number of rotatable bonds is 7. The molecule has 0 amide bonds. The average molecular weight is 695 g/mol. The fourth-order valence-electron chi connectivity index (χ4n) is 7.56. The lowest BCUT2D eigenvalue weighted by molar-refractivity contribution is 0.672. The lowest BCUT2D eigenvalue weighted by Crippen LogP contribution is -2.10. The Bertz CT molecular complexity index is 3150. The first kappa shape index (κ1) is 26.6. The van der Waals surface area contributed by atoms with E-state index in [4.69, 9.17) is 11.3 Å². The zero-order chi connectivity index (χ0) is 40.2. The highest BCUT2D eigenvalue weighted by atomic mass is 16.3. The Morgan fingerprint density at radius 3 is 1.43 bits per heavy atom. The minimum absolute atomic E-state index is 0.154. The number of hydrogen-bond donors (Lipinski definition) is 0. The van der Waals surface area contributed by atoms with E-state index in [1.807, 2.05) is 66.7 Å². The zero-order valence-corrected chi connectivity index (χ0v) is 29.2. The quantitative estimate of drug-likeness (QED) is 0.165. The molecule has 0 saturated carbocycles. The Morgan fingerprint density at radius 1 is 0.389 bits per heavy atom. The van der Waals surface area contributed by atoms with Crippen LogP contribution in [0.4, 0.5) is 17.1 Å². The second-order valence-electron chi connectivity index (χ2n) is 13.3. The van der Waals surface area contributed by atoms with Crippen molar-refractivity contribution in [3.05, 3.63) is 212 Å². The van der Waals surface area contributed by atoms with Crippen LogP contribution in [0.3, 0.4) is 0 Å². The van der Waals surface area contributed by atoms with Gasteiger partial charge >= 0.3 is 0 Å². The minimum atomic E-state index is -0.422. The van der Waals surface area contributed by atoms with E-state index >= 15 is 0 Å². The molecule has 0 aliphatic heterocycles. The molecule has 0 radical (unpaired) electrons. The van der Waals surface area contributed by atoms with Gasteiger partial charge in [-0.3, -0.25) is 0 Å². The summed E-state index contributed by atoms with van der Waals surface area (Å²) >= 11 is 0. The van der Waals surface area contributed by atoms with Crippen LogP contribution in [0.1, 0.15) is 6.85 Å². The fourth-order valence-corrected chi connectivity index (χ4v) is 7.56. The van der Waals surface area contributed by atoms with Crippen LogP contribution in [0.25, 0.3) is 77.2 Å². The van der Waals surface area contributed by atoms with Gasteiger partial charge in [0.1, 0.15) is 11.2 Å². The van der Waals surface area contributed by atoms with Crippen LogP contribution < -0.4 is 4.90 Å². The largest absolute Gasteiger partial charge is 0.455 e. The summed E-state index contributed by atoms with van der Waals surface area (Å²) in [5.41, 5.74) is 11.6. The van der Waals surface area contributed by atoms with E-state index in [2.05, 4.69) is 120 Å². The lowest BCUT2D eigenvalue weighted by Gasteiger charge is -2.26. The van der Waals surface area contributed by atoms with Crippen LogP contribution in [0.15, 0.2) is 217 Å². The Morgan fingerprint density at radius 2 is 0.870 bits per heavy atom. The van der Waals surface area contributed by atoms with E-state index in [0.717, 1.165) is 60.9 Å². The summed E-state index contributed by atoms with van der Waals surface area (Å²) in [6.45, 7) is 0. The molecule has 10 rings (SSSR count). The first-order chi connectivity index (χ1) is 28.9. The van der Waals surface area contributed by atoms with Crippen LogP contribution in [0.5, 0.6) is 0 Å². The van der Waals surface area contributed by atoms with Crippen LogP contribution in [0, 0.1) is 0 Å². The predicted octanol–water partition coefficient (Wildman–Crippen LogP) is 14.9. The van der Waals surface area contributed by atoms with Crippen LogP contribution >= 0.6 is 0 Å². The van der Waals surface area contributed by atoms with E-state index in [1.165, 1.54) is 11.1 Å². The van der Waals surface area contributed by atoms with Crippen molar-refractivity contribution in [1.29, 1.82) is 0 Å². The third-order valence-corrected chi connectivity index (χ3v) is 10.2. The molecule has 9 aromatic carbocycles. The number of nitrogens with zero attached hydrogens (tertiary/aromatic N) is 1. The summed E-state index contributed by atoms with van der Waals surface area (Å²) in [7, 11) is 0. The Labute approximate surface area is 321 Å². The molecule has 10 aromatic rings. The normalized spacial score (nSPS) is 12.6. The SMILES string of the molecule is [2H]c1c([2H])c([2H])c(-c2cc3c(oc4cccc(N(c5ccc(-c6ccccc6)cc5)c5ccc(-c6ccc(-c7ccccc7)cc6)cc5)c43)c3ccccc23)c([2H])c1[2H]. The summed E-state index contributed by atoms with van der Waals surface area (Å²) in [6, 6.07) is 60.4. The predicted molar refractivity (Wildman–Crippen MR) is 228 cm³/mol. The van der Waals surface area contributed by atoms with Crippen molar-refractivity contribution in [2.75, 3.05) is 4.90 Å². The number of furan rings is 1. The van der Waals surface area contributed by atoms with Gasteiger partial charge < -0.3 is 9.32 Å². The second-order valence-corrected chi connectivity index (χ2v) is 13.3. The van der Waals surface area contributed by atoms with Gasteiger partial charge in [0.15, 0.2) is 0 Å². The first-order valence-corrected chi connectivity index (χ1v) is 18.0. The number of benzene rings is 9. The Balaban J connectivity index is 1.17.